The second-order valence-corrected chi connectivity index (χ2v) is 14.6. The van der Waals surface area contributed by atoms with Gasteiger partial charge < -0.3 is 9.47 Å². The van der Waals surface area contributed by atoms with E-state index < -0.39 is 0 Å². The van der Waals surface area contributed by atoms with E-state index in [9.17, 15) is 0 Å². The molecule has 0 N–H and O–H groups in total. The van der Waals surface area contributed by atoms with Gasteiger partial charge in [0, 0.05) is 59.9 Å². The molecule has 0 saturated carbocycles. The van der Waals surface area contributed by atoms with Crippen molar-refractivity contribution in [3.05, 3.63) is 120 Å². The van der Waals surface area contributed by atoms with Gasteiger partial charge in [0.1, 0.15) is 6.54 Å². The van der Waals surface area contributed by atoms with Gasteiger partial charge in [0.25, 0.3) is 0 Å². The number of nitrogens with zero attached hydrogens (tertiary/aromatic N) is 4. The van der Waals surface area contributed by atoms with E-state index >= 15 is 0 Å². The van der Waals surface area contributed by atoms with E-state index in [1.54, 1.807) is 0 Å². The molecule has 0 bridgehead atoms. The van der Waals surface area contributed by atoms with Crippen LogP contribution < -0.4 is 4.90 Å². The molecule has 0 fully saturated rings. The van der Waals surface area contributed by atoms with E-state index in [4.69, 9.17) is 0 Å². The van der Waals surface area contributed by atoms with Crippen molar-refractivity contribution in [2.75, 3.05) is 18.0 Å². The zero-order valence-electron chi connectivity index (χ0n) is 29.2. The topological polar surface area (TPSA) is 24.1 Å². The van der Waals surface area contributed by atoms with Crippen molar-refractivity contribution in [3.63, 3.8) is 0 Å². The molecule has 3 heterocycles. The second kappa shape index (κ2) is 13.1. The summed E-state index contributed by atoms with van der Waals surface area (Å²) in [4.78, 5) is 7.07. The van der Waals surface area contributed by atoms with Gasteiger partial charge in [0.15, 0.2) is 5.71 Å². The smallest absolute Gasteiger partial charge is 0.209 e. The number of aromatic nitrogens is 2. The van der Waals surface area contributed by atoms with Crippen LogP contribution in [0.4, 0.5) is 11.4 Å². The van der Waals surface area contributed by atoms with E-state index in [1.807, 2.05) is 12.5 Å². The third-order valence-electron chi connectivity index (χ3n) is 10.5. The van der Waals surface area contributed by atoms with Gasteiger partial charge in [-0.05, 0) is 67.9 Å². The minimum Gasteiger partial charge on any atom is -0.344 e. The lowest BCUT2D eigenvalue weighted by Gasteiger charge is -2.29. The number of rotatable bonds is 10. The lowest BCUT2D eigenvalue weighted by atomic mass is 9.80. The van der Waals surface area contributed by atoms with E-state index in [2.05, 4.69) is 147 Å². The van der Waals surface area contributed by atoms with E-state index in [1.165, 1.54) is 76.4 Å². The van der Waals surface area contributed by atoms with Gasteiger partial charge in [-0.1, -0.05) is 96.0 Å². The van der Waals surface area contributed by atoms with Crippen molar-refractivity contribution in [2.45, 2.75) is 97.8 Å². The maximum atomic E-state index is 4.49. The predicted molar refractivity (Wildman–Crippen MR) is 195 cm³/mol. The molecule has 0 saturated heterocycles. The first-order valence-electron chi connectivity index (χ1n) is 17.6. The first-order chi connectivity index (χ1) is 22.2. The Morgan fingerprint density at radius 1 is 0.870 bits per heavy atom. The van der Waals surface area contributed by atoms with Crippen molar-refractivity contribution in [1.82, 2.24) is 9.55 Å². The largest absolute Gasteiger partial charge is 0.344 e. The SMILES string of the molecule is CCCCN1/C(=C/C=C2\CC(C)CC(/C=C/C3=[N+](CCCC)c4ccccc4C3(C)C)=C2n2ccnc2)C(C)(C)c2ccccc21. The van der Waals surface area contributed by atoms with E-state index in [-0.39, 0.29) is 10.8 Å². The monoisotopic (exact) mass is 613 g/mol. The molecule has 0 spiro atoms. The minimum atomic E-state index is -0.0507. The summed E-state index contributed by atoms with van der Waals surface area (Å²) in [5, 5.41) is 0. The molecule has 46 heavy (non-hydrogen) atoms. The molecule has 1 aromatic heterocycles. The van der Waals surface area contributed by atoms with Gasteiger partial charge in [0.2, 0.25) is 5.69 Å². The summed E-state index contributed by atoms with van der Waals surface area (Å²) in [6, 6.07) is 18.0. The first kappa shape index (κ1) is 32.0. The Morgan fingerprint density at radius 2 is 1.61 bits per heavy atom. The molecule has 1 unspecified atom stereocenters. The van der Waals surface area contributed by atoms with Crippen molar-refractivity contribution < 1.29 is 4.58 Å². The molecule has 4 nitrogen and oxygen atoms in total. The van der Waals surface area contributed by atoms with Crippen LogP contribution in [-0.2, 0) is 10.8 Å². The quantitative estimate of drug-likeness (QED) is 0.213. The zero-order valence-corrected chi connectivity index (χ0v) is 29.2. The van der Waals surface area contributed by atoms with Gasteiger partial charge >= 0.3 is 0 Å². The second-order valence-electron chi connectivity index (χ2n) is 14.6. The minimum absolute atomic E-state index is 0.0507. The van der Waals surface area contributed by atoms with Gasteiger partial charge in [-0.3, -0.25) is 0 Å². The van der Waals surface area contributed by atoms with Crippen LogP contribution in [0, 0.1) is 5.92 Å². The van der Waals surface area contributed by atoms with E-state index in [0.29, 0.717) is 5.92 Å². The maximum Gasteiger partial charge on any atom is 0.209 e. The highest BCUT2D eigenvalue weighted by atomic mass is 15.2. The predicted octanol–water partition coefficient (Wildman–Crippen LogP) is 10.4. The van der Waals surface area contributed by atoms with Crippen LogP contribution in [0.5, 0.6) is 0 Å². The summed E-state index contributed by atoms with van der Waals surface area (Å²) < 4.78 is 4.82. The molecule has 240 valence electrons. The van der Waals surface area contributed by atoms with Gasteiger partial charge in [0.05, 0.1) is 17.4 Å². The van der Waals surface area contributed by atoms with Crippen LogP contribution in [0.3, 0.4) is 0 Å². The number of imidazole rings is 1. The van der Waals surface area contributed by atoms with Gasteiger partial charge in [-0.2, -0.15) is 4.58 Å². The number of fused-ring (bicyclic) bond motifs is 2. The zero-order chi connectivity index (χ0) is 32.5. The summed E-state index contributed by atoms with van der Waals surface area (Å²) in [5.41, 5.74) is 12.3. The molecule has 6 rings (SSSR count). The van der Waals surface area contributed by atoms with E-state index in [0.717, 1.165) is 25.9 Å². The molecular weight excluding hydrogens is 560 g/mol. The Bertz CT molecular complexity index is 1720. The maximum absolute atomic E-state index is 4.49. The molecule has 1 atom stereocenters. The van der Waals surface area contributed by atoms with Crippen LogP contribution in [-0.4, -0.2) is 32.9 Å². The molecule has 1 aliphatic carbocycles. The van der Waals surface area contributed by atoms with Crippen molar-refractivity contribution >= 4 is 22.8 Å². The van der Waals surface area contributed by atoms with Crippen molar-refractivity contribution in [2.24, 2.45) is 5.92 Å². The highest BCUT2D eigenvalue weighted by Gasteiger charge is 2.44. The Kier molecular flexibility index (Phi) is 9.10. The van der Waals surface area contributed by atoms with Crippen molar-refractivity contribution in [1.29, 1.82) is 0 Å². The average Bonchev–Trinajstić information content (AvgIpc) is 3.70. The fourth-order valence-electron chi connectivity index (χ4n) is 7.99. The lowest BCUT2D eigenvalue weighted by Crippen LogP contribution is -2.28. The summed E-state index contributed by atoms with van der Waals surface area (Å²) in [7, 11) is 0. The number of hydrogen-bond donors (Lipinski definition) is 0. The van der Waals surface area contributed by atoms with Crippen LogP contribution in [0.1, 0.15) is 98.1 Å². The molecule has 4 heteroatoms. The van der Waals surface area contributed by atoms with Gasteiger partial charge in [-0.25, -0.2) is 4.98 Å². The fraction of sp³-hybridized carbons (Fsp3) is 0.429. The molecular formula is C42H53N4+. The average molecular weight is 614 g/mol. The molecule has 0 amide bonds. The van der Waals surface area contributed by atoms with Crippen LogP contribution in [0.15, 0.2) is 108 Å². The summed E-state index contributed by atoms with van der Waals surface area (Å²) >= 11 is 0. The highest BCUT2D eigenvalue weighted by Crippen LogP contribution is 2.48. The molecule has 2 aliphatic heterocycles. The Labute approximate surface area is 277 Å². The summed E-state index contributed by atoms with van der Waals surface area (Å²) in [5.74, 6) is 0.552. The Balaban J connectivity index is 1.46. The molecule has 0 radical (unpaired) electrons. The van der Waals surface area contributed by atoms with Gasteiger partial charge in [-0.15, -0.1) is 0 Å². The molecule has 3 aromatic rings. The number of unbranched alkanes of at least 4 members (excludes halogenated alkanes) is 2. The summed E-state index contributed by atoms with van der Waals surface area (Å²) in [6.45, 7) is 18.6. The van der Waals surface area contributed by atoms with Crippen molar-refractivity contribution in [3.8, 4) is 0 Å². The highest BCUT2D eigenvalue weighted by molar-refractivity contribution is 6.03. The number of anilines is 1. The standard InChI is InChI=1S/C42H53N4/c1-8-10-25-45-36-18-14-12-16-34(36)41(4,5)38(45)22-20-32-28-31(3)29-33(40(32)44-27-24-43-30-44)21-23-39-42(6,7)35-17-13-15-19-37(35)46(39)26-11-9-2/h12-24,27,30-31H,8-11,25-26,28-29H2,1-7H3/q+1. The molecule has 3 aliphatic rings. The Morgan fingerprint density at radius 3 is 2.35 bits per heavy atom. The molecule has 2 aromatic carbocycles. The summed E-state index contributed by atoms with van der Waals surface area (Å²) in [6.07, 6.45) is 22.5. The van der Waals surface area contributed by atoms with Crippen LogP contribution in [0.2, 0.25) is 0 Å². The number of para-hydroxylation sites is 2. The Hall–Kier alpha value is -3.92. The first-order valence-corrected chi connectivity index (χ1v) is 17.6. The normalized spacial score (nSPS) is 22.1. The number of benzene rings is 2. The lowest BCUT2D eigenvalue weighted by molar-refractivity contribution is -0.438. The third kappa shape index (κ3) is 5.76. The van der Waals surface area contributed by atoms with Crippen LogP contribution >= 0.6 is 0 Å². The third-order valence-corrected chi connectivity index (χ3v) is 10.5. The number of allylic oxidation sites excluding steroid dienone is 8. The van der Waals surface area contributed by atoms with Crippen LogP contribution in [0.25, 0.3) is 5.70 Å². The fourth-order valence-corrected chi connectivity index (χ4v) is 7.99. The number of hydrogen-bond acceptors (Lipinski definition) is 2.